The van der Waals surface area contributed by atoms with E-state index in [1.54, 1.807) is 7.11 Å². The maximum Gasteiger partial charge on any atom is 0.188 e. The van der Waals surface area contributed by atoms with Crippen molar-refractivity contribution in [2.24, 2.45) is 0 Å². The molecule has 0 fully saturated rings. The molecule has 0 aliphatic heterocycles. The molecule has 0 saturated heterocycles. The molecule has 0 aliphatic rings. The third-order valence-corrected chi connectivity index (χ3v) is 1.94. The van der Waals surface area contributed by atoms with Gasteiger partial charge in [0.25, 0.3) is 0 Å². The van der Waals surface area contributed by atoms with Crippen LogP contribution in [-0.4, -0.2) is 18.9 Å². The Labute approximate surface area is 85.2 Å². The molecule has 0 spiro atoms. The summed E-state index contributed by atoms with van der Waals surface area (Å²) in [6.45, 7) is 2.18. The lowest BCUT2D eigenvalue weighted by Crippen LogP contribution is -2.01. The van der Waals surface area contributed by atoms with Crippen LogP contribution in [0.5, 0.6) is 5.75 Å². The zero-order chi connectivity index (χ0) is 8.97. The Hall–Kier alpha value is -0.360. The number of pyridine rings is 1. The van der Waals surface area contributed by atoms with Gasteiger partial charge >= 0.3 is 0 Å². The van der Waals surface area contributed by atoms with E-state index < -0.39 is 0 Å². The van der Waals surface area contributed by atoms with Crippen molar-refractivity contribution >= 4 is 22.6 Å². The van der Waals surface area contributed by atoms with Crippen molar-refractivity contribution in [3.8, 4) is 5.75 Å². The van der Waals surface area contributed by atoms with Crippen LogP contribution in [0.4, 0.5) is 0 Å². The van der Waals surface area contributed by atoms with E-state index in [-0.39, 0.29) is 6.79 Å². The molecule has 1 aromatic rings. The molecule has 1 heterocycles. The third-order valence-electron chi connectivity index (χ3n) is 1.34. The number of aromatic nitrogens is 1. The summed E-state index contributed by atoms with van der Waals surface area (Å²) in [5.74, 6) is 0.775. The second-order valence-electron chi connectivity index (χ2n) is 2.27. The fraction of sp³-hybridized carbons (Fsp3) is 0.375. The smallest absolute Gasteiger partial charge is 0.188 e. The molecule has 1 rings (SSSR count). The Bertz CT molecular complexity index is 265. The molecule has 0 aliphatic carbocycles. The number of nitrogens with zero attached hydrogens (tertiary/aromatic N) is 1. The van der Waals surface area contributed by atoms with Crippen molar-refractivity contribution in [3.05, 3.63) is 21.5 Å². The number of halogens is 1. The highest BCUT2D eigenvalue weighted by Crippen LogP contribution is 2.16. The summed E-state index contributed by atoms with van der Waals surface area (Å²) in [4.78, 5) is 4.23. The van der Waals surface area contributed by atoms with Crippen LogP contribution < -0.4 is 4.74 Å². The van der Waals surface area contributed by atoms with Crippen LogP contribution in [0.3, 0.4) is 0 Å². The van der Waals surface area contributed by atoms with Crippen molar-refractivity contribution in [3.63, 3.8) is 0 Å². The number of hydrogen-bond acceptors (Lipinski definition) is 3. The first-order valence-electron chi connectivity index (χ1n) is 3.49. The molecule has 0 aromatic carbocycles. The van der Waals surface area contributed by atoms with Gasteiger partial charge in [-0.2, -0.15) is 0 Å². The van der Waals surface area contributed by atoms with Gasteiger partial charge in [-0.1, -0.05) is 0 Å². The van der Waals surface area contributed by atoms with Crippen LogP contribution >= 0.6 is 22.6 Å². The van der Waals surface area contributed by atoms with Crippen molar-refractivity contribution in [2.45, 2.75) is 6.92 Å². The molecule has 0 amide bonds. The van der Waals surface area contributed by atoms with E-state index in [1.165, 1.54) is 0 Å². The fourth-order valence-electron chi connectivity index (χ4n) is 0.793. The summed E-state index contributed by atoms with van der Waals surface area (Å²) >= 11 is 2.16. The minimum atomic E-state index is 0.267. The van der Waals surface area contributed by atoms with Gasteiger partial charge in [-0.15, -0.1) is 0 Å². The minimum absolute atomic E-state index is 0.267. The van der Waals surface area contributed by atoms with Crippen LogP contribution in [0.1, 0.15) is 5.69 Å². The van der Waals surface area contributed by atoms with Crippen LogP contribution in [-0.2, 0) is 4.74 Å². The second-order valence-corrected chi connectivity index (χ2v) is 3.37. The van der Waals surface area contributed by atoms with Crippen molar-refractivity contribution in [1.82, 2.24) is 4.98 Å². The normalized spacial score (nSPS) is 9.92. The predicted octanol–water partition coefficient (Wildman–Crippen LogP) is 1.98. The van der Waals surface area contributed by atoms with Gasteiger partial charge in [-0.05, 0) is 41.6 Å². The number of methoxy groups -OCH3 is 1. The number of rotatable bonds is 3. The highest BCUT2D eigenvalue weighted by molar-refractivity contribution is 14.1. The van der Waals surface area contributed by atoms with Crippen molar-refractivity contribution < 1.29 is 9.47 Å². The maximum atomic E-state index is 5.25. The molecular formula is C8H10INO2. The van der Waals surface area contributed by atoms with Gasteiger partial charge in [-0.3, -0.25) is 0 Å². The van der Waals surface area contributed by atoms with E-state index in [0.717, 1.165) is 15.1 Å². The lowest BCUT2D eigenvalue weighted by atomic mass is 10.3. The Morgan fingerprint density at radius 3 is 2.83 bits per heavy atom. The quantitative estimate of drug-likeness (QED) is 0.481. The number of ether oxygens (including phenoxy) is 2. The highest BCUT2D eigenvalue weighted by Gasteiger charge is 1.99. The van der Waals surface area contributed by atoms with E-state index in [0.29, 0.717) is 0 Å². The minimum Gasteiger partial charge on any atom is -0.466 e. The first-order valence-corrected chi connectivity index (χ1v) is 4.57. The molecule has 12 heavy (non-hydrogen) atoms. The van der Waals surface area contributed by atoms with Crippen molar-refractivity contribution in [2.75, 3.05) is 13.9 Å². The van der Waals surface area contributed by atoms with E-state index in [2.05, 4.69) is 27.6 Å². The molecule has 0 unspecified atom stereocenters. The number of hydrogen-bond donors (Lipinski definition) is 0. The van der Waals surface area contributed by atoms with Crippen LogP contribution in [0.2, 0.25) is 0 Å². The van der Waals surface area contributed by atoms with Gasteiger partial charge in [0, 0.05) is 7.11 Å². The SMILES string of the molecule is COCOc1ccc(I)nc1C. The fourth-order valence-corrected chi connectivity index (χ4v) is 1.33. The molecule has 0 atom stereocenters. The van der Waals surface area contributed by atoms with Gasteiger partial charge in [0.15, 0.2) is 6.79 Å². The molecular weight excluding hydrogens is 269 g/mol. The zero-order valence-corrected chi connectivity index (χ0v) is 9.16. The van der Waals surface area contributed by atoms with Crippen LogP contribution in [0.15, 0.2) is 12.1 Å². The van der Waals surface area contributed by atoms with E-state index >= 15 is 0 Å². The first-order chi connectivity index (χ1) is 5.74. The Kier molecular flexibility index (Phi) is 3.74. The average molecular weight is 279 g/mol. The molecule has 0 radical (unpaired) electrons. The van der Waals surface area contributed by atoms with E-state index in [1.807, 2.05) is 19.1 Å². The molecule has 0 N–H and O–H groups in total. The predicted molar refractivity (Wildman–Crippen MR) is 54.2 cm³/mol. The summed E-state index contributed by atoms with van der Waals surface area (Å²) in [6.07, 6.45) is 0. The summed E-state index contributed by atoms with van der Waals surface area (Å²) < 4.78 is 11.0. The molecule has 3 nitrogen and oxygen atoms in total. The maximum absolute atomic E-state index is 5.25. The highest BCUT2D eigenvalue weighted by atomic mass is 127. The molecule has 1 aromatic heterocycles. The first kappa shape index (κ1) is 9.73. The molecule has 0 saturated carbocycles. The number of aryl methyl sites for hydroxylation is 1. The van der Waals surface area contributed by atoms with Crippen LogP contribution in [0.25, 0.3) is 0 Å². The second kappa shape index (κ2) is 4.61. The van der Waals surface area contributed by atoms with Gasteiger partial charge < -0.3 is 9.47 Å². The topological polar surface area (TPSA) is 31.4 Å². The van der Waals surface area contributed by atoms with Gasteiger partial charge in [0.05, 0.1) is 5.69 Å². The van der Waals surface area contributed by atoms with Crippen LogP contribution in [0, 0.1) is 10.6 Å². The van der Waals surface area contributed by atoms with E-state index in [9.17, 15) is 0 Å². The van der Waals surface area contributed by atoms with Gasteiger partial charge in [-0.25, -0.2) is 4.98 Å². The summed E-state index contributed by atoms with van der Waals surface area (Å²) in [7, 11) is 1.59. The van der Waals surface area contributed by atoms with Gasteiger partial charge in [0.2, 0.25) is 0 Å². The third kappa shape index (κ3) is 2.60. The lowest BCUT2D eigenvalue weighted by Gasteiger charge is -2.06. The summed E-state index contributed by atoms with van der Waals surface area (Å²) in [6, 6.07) is 3.79. The Balaban J connectivity index is 2.72. The van der Waals surface area contributed by atoms with E-state index in [4.69, 9.17) is 9.47 Å². The Morgan fingerprint density at radius 2 is 2.25 bits per heavy atom. The summed E-state index contributed by atoms with van der Waals surface area (Å²) in [5.41, 5.74) is 0.888. The monoisotopic (exact) mass is 279 g/mol. The average Bonchev–Trinajstić information content (AvgIpc) is 2.03. The molecule has 4 heteroatoms. The standard InChI is InChI=1S/C8H10INO2/c1-6-7(12-5-11-2)3-4-8(9)10-6/h3-4H,5H2,1-2H3. The molecule has 66 valence electrons. The van der Waals surface area contributed by atoms with Crippen molar-refractivity contribution in [1.29, 1.82) is 0 Å². The Morgan fingerprint density at radius 1 is 1.50 bits per heavy atom. The van der Waals surface area contributed by atoms with Gasteiger partial charge in [0.1, 0.15) is 9.45 Å². The largest absolute Gasteiger partial charge is 0.466 e. The zero-order valence-electron chi connectivity index (χ0n) is 7.00. The summed E-state index contributed by atoms with van der Waals surface area (Å²) in [5, 5.41) is 0. The lowest BCUT2D eigenvalue weighted by molar-refractivity contribution is 0.0503. The molecule has 0 bridgehead atoms.